The third-order valence-electron chi connectivity index (χ3n) is 4.17. The van der Waals surface area contributed by atoms with Gasteiger partial charge in [0.15, 0.2) is 5.13 Å². The molecule has 0 aliphatic carbocycles. The van der Waals surface area contributed by atoms with Crippen LogP contribution in [0.2, 0.25) is 0 Å². The first-order chi connectivity index (χ1) is 13.1. The second-order valence-corrected chi connectivity index (χ2v) is 6.80. The maximum absolute atomic E-state index is 12.2. The molecule has 1 fully saturated rings. The van der Waals surface area contributed by atoms with E-state index in [4.69, 9.17) is 9.47 Å². The number of rotatable bonds is 8. The summed E-state index contributed by atoms with van der Waals surface area (Å²) in [7, 11) is 3.23. The number of aromatic nitrogens is 1. The average molecular weight is 390 g/mol. The number of anilines is 1. The molecule has 1 aliphatic heterocycles. The van der Waals surface area contributed by atoms with Gasteiger partial charge >= 0.3 is 6.03 Å². The molecule has 1 aliphatic rings. The van der Waals surface area contributed by atoms with Crippen molar-refractivity contribution in [2.24, 2.45) is 0 Å². The number of hydrogen-bond acceptors (Lipinski definition) is 6. The van der Waals surface area contributed by atoms with Crippen molar-refractivity contribution in [3.05, 3.63) is 34.8 Å². The highest BCUT2D eigenvalue weighted by Crippen LogP contribution is 2.24. The molecule has 2 heterocycles. The number of methoxy groups -OCH3 is 2. The number of carbonyl (C=O) groups excluding carboxylic acids is 2. The number of urea groups is 1. The molecule has 0 saturated carbocycles. The summed E-state index contributed by atoms with van der Waals surface area (Å²) in [6.07, 6.45) is 0.809. The molecule has 0 unspecified atom stereocenters. The minimum atomic E-state index is -0.146. The van der Waals surface area contributed by atoms with E-state index in [-0.39, 0.29) is 18.4 Å². The van der Waals surface area contributed by atoms with Crippen molar-refractivity contribution in [1.29, 1.82) is 0 Å². The van der Waals surface area contributed by atoms with Crippen LogP contribution in [0.5, 0.6) is 11.5 Å². The van der Waals surface area contributed by atoms with E-state index < -0.39 is 0 Å². The molecule has 8 nitrogen and oxygen atoms in total. The van der Waals surface area contributed by atoms with Gasteiger partial charge in [0.2, 0.25) is 5.91 Å². The first-order valence-electron chi connectivity index (χ1n) is 8.58. The maximum Gasteiger partial charge on any atom is 0.323 e. The van der Waals surface area contributed by atoms with E-state index in [0.29, 0.717) is 36.9 Å². The molecule has 144 valence electrons. The van der Waals surface area contributed by atoms with Crippen LogP contribution in [0.3, 0.4) is 0 Å². The van der Waals surface area contributed by atoms with E-state index in [0.717, 1.165) is 17.1 Å². The molecule has 27 heavy (non-hydrogen) atoms. The monoisotopic (exact) mass is 390 g/mol. The molecule has 0 atom stereocenters. The minimum absolute atomic E-state index is 0.111. The van der Waals surface area contributed by atoms with Crippen molar-refractivity contribution in [2.45, 2.75) is 12.8 Å². The molecular weight excluding hydrogens is 368 g/mol. The van der Waals surface area contributed by atoms with Crippen LogP contribution in [0.25, 0.3) is 0 Å². The highest BCUT2D eigenvalue weighted by Gasteiger charge is 2.24. The van der Waals surface area contributed by atoms with Crippen LogP contribution in [0.1, 0.15) is 11.3 Å². The molecule has 1 aromatic carbocycles. The summed E-state index contributed by atoms with van der Waals surface area (Å²) in [5.74, 6) is 1.40. The Bertz CT molecular complexity index is 823. The second kappa shape index (κ2) is 8.72. The van der Waals surface area contributed by atoms with Crippen LogP contribution in [-0.4, -0.2) is 50.8 Å². The first kappa shape index (κ1) is 19.0. The largest absolute Gasteiger partial charge is 0.497 e. The van der Waals surface area contributed by atoms with Crippen molar-refractivity contribution >= 4 is 28.4 Å². The first-order valence-corrected chi connectivity index (χ1v) is 9.46. The summed E-state index contributed by atoms with van der Waals surface area (Å²) in [4.78, 5) is 29.8. The van der Waals surface area contributed by atoms with Crippen molar-refractivity contribution < 1.29 is 19.1 Å². The zero-order valence-electron chi connectivity index (χ0n) is 15.3. The number of benzene rings is 1. The van der Waals surface area contributed by atoms with Crippen LogP contribution >= 0.6 is 11.3 Å². The van der Waals surface area contributed by atoms with Gasteiger partial charge in [-0.3, -0.25) is 9.69 Å². The van der Waals surface area contributed by atoms with E-state index >= 15 is 0 Å². The zero-order valence-corrected chi connectivity index (χ0v) is 16.1. The van der Waals surface area contributed by atoms with Gasteiger partial charge in [-0.05, 0) is 30.2 Å². The molecule has 0 bridgehead atoms. The smallest absolute Gasteiger partial charge is 0.323 e. The lowest BCUT2D eigenvalue weighted by Gasteiger charge is -2.11. The van der Waals surface area contributed by atoms with Gasteiger partial charge in [0, 0.05) is 25.0 Å². The van der Waals surface area contributed by atoms with Gasteiger partial charge < -0.3 is 20.1 Å². The number of hydrogen-bond donors (Lipinski definition) is 2. The van der Waals surface area contributed by atoms with Crippen molar-refractivity contribution in [1.82, 2.24) is 15.6 Å². The summed E-state index contributed by atoms with van der Waals surface area (Å²) < 4.78 is 10.6. The van der Waals surface area contributed by atoms with Gasteiger partial charge in [-0.15, -0.1) is 11.3 Å². The van der Waals surface area contributed by atoms with Crippen LogP contribution in [-0.2, 0) is 17.6 Å². The number of nitrogens with zero attached hydrogens (tertiary/aromatic N) is 2. The van der Waals surface area contributed by atoms with E-state index in [1.165, 1.54) is 11.3 Å². The number of ether oxygens (including phenoxy) is 2. The fourth-order valence-electron chi connectivity index (χ4n) is 2.80. The predicted octanol–water partition coefficient (Wildman–Crippen LogP) is 1.59. The Morgan fingerprint density at radius 2 is 2.22 bits per heavy atom. The highest BCUT2D eigenvalue weighted by atomic mass is 32.1. The topological polar surface area (TPSA) is 92.8 Å². The van der Waals surface area contributed by atoms with Gasteiger partial charge in [-0.1, -0.05) is 0 Å². The quantitative estimate of drug-likeness (QED) is 0.714. The molecule has 0 spiro atoms. The van der Waals surface area contributed by atoms with Crippen LogP contribution in [0, 0.1) is 0 Å². The van der Waals surface area contributed by atoms with Crippen molar-refractivity contribution in [3.63, 3.8) is 0 Å². The molecular formula is C18H22N4O4S. The molecule has 1 saturated heterocycles. The third kappa shape index (κ3) is 4.68. The Kier molecular flexibility index (Phi) is 6.12. The van der Waals surface area contributed by atoms with E-state index in [1.807, 2.05) is 23.6 Å². The third-order valence-corrected chi connectivity index (χ3v) is 5.09. The molecule has 2 N–H and O–H groups in total. The molecule has 2 aromatic rings. The zero-order chi connectivity index (χ0) is 19.2. The summed E-state index contributed by atoms with van der Waals surface area (Å²) in [5, 5.41) is 8.06. The van der Waals surface area contributed by atoms with Gasteiger partial charge in [-0.2, -0.15) is 0 Å². The SMILES string of the molecule is COc1ccc(OC)c(CCNC(=O)Cc2csc(N3CCNC3=O)n2)c1. The predicted molar refractivity (Wildman–Crippen MR) is 103 cm³/mol. The lowest BCUT2D eigenvalue weighted by atomic mass is 10.1. The number of thiazole rings is 1. The fraction of sp³-hybridized carbons (Fsp3) is 0.389. The lowest BCUT2D eigenvalue weighted by molar-refractivity contribution is -0.120. The van der Waals surface area contributed by atoms with Crippen LogP contribution in [0.4, 0.5) is 9.93 Å². The Labute approximate surface area is 161 Å². The molecule has 1 aromatic heterocycles. The summed E-state index contributed by atoms with van der Waals surface area (Å²) >= 11 is 1.37. The summed E-state index contributed by atoms with van der Waals surface area (Å²) in [6, 6.07) is 5.44. The van der Waals surface area contributed by atoms with Gasteiger partial charge in [0.05, 0.1) is 26.3 Å². The Balaban J connectivity index is 1.50. The Morgan fingerprint density at radius 3 is 2.93 bits per heavy atom. The normalized spacial score (nSPS) is 13.4. The average Bonchev–Trinajstić information content (AvgIpc) is 3.30. The fourth-order valence-corrected chi connectivity index (χ4v) is 3.65. The number of carbonyl (C=O) groups is 2. The second-order valence-electron chi connectivity index (χ2n) is 5.96. The molecule has 9 heteroatoms. The number of amides is 3. The molecule has 0 radical (unpaired) electrons. The minimum Gasteiger partial charge on any atom is -0.497 e. The molecule has 3 rings (SSSR count). The Hall–Kier alpha value is -2.81. The van der Waals surface area contributed by atoms with E-state index in [1.54, 1.807) is 19.1 Å². The van der Waals surface area contributed by atoms with E-state index in [9.17, 15) is 9.59 Å². The van der Waals surface area contributed by atoms with Crippen LogP contribution < -0.4 is 25.0 Å². The van der Waals surface area contributed by atoms with Crippen molar-refractivity contribution in [2.75, 3.05) is 38.8 Å². The summed E-state index contributed by atoms with van der Waals surface area (Å²) in [6.45, 7) is 1.69. The lowest BCUT2D eigenvalue weighted by Crippen LogP contribution is -2.28. The Morgan fingerprint density at radius 1 is 1.37 bits per heavy atom. The highest BCUT2D eigenvalue weighted by molar-refractivity contribution is 7.14. The molecule has 3 amide bonds. The van der Waals surface area contributed by atoms with Crippen molar-refractivity contribution in [3.8, 4) is 11.5 Å². The van der Waals surface area contributed by atoms with Gasteiger partial charge in [0.1, 0.15) is 11.5 Å². The maximum atomic E-state index is 12.2. The number of nitrogens with one attached hydrogen (secondary N) is 2. The van der Waals surface area contributed by atoms with E-state index in [2.05, 4.69) is 15.6 Å². The van der Waals surface area contributed by atoms with Crippen LogP contribution in [0.15, 0.2) is 23.6 Å². The van der Waals surface area contributed by atoms with Gasteiger partial charge in [0.25, 0.3) is 0 Å². The summed E-state index contributed by atoms with van der Waals surface area (Å²) in [5.41, 5.74) is 1.62. The standard InChI is InChI=1S/C18H22N4O4S/c1-25-14-3-4-15(26-2)12(9-14)5-6-19-16(23)10-13-11-27-18(21-13)22-8-7-20-17(22)24/h3-4,9,11H,5-8,10H2,1-2H3,(H,19,23)(H,20,24). The van der Waals surface area contributed by atoms with Gasteiger partial charge in [-0.25, -0.2) is 9.78 Å².